The number of nitrogens with one attached hydrogen (secondary N) is 1. The van der Waals surface area contributed by atoms with Crippen LogP contribution in [-0.2, 0) is 7.05 Å². The van der Waals surface area contributed by atoms with E-state index in [1.165, 1.54) is 0 Å². The second-order valence-electron chi connectivity index (χ2n) is 4.21. The van der Waals surface area contributed by atoms with Gasteiger partial charge in [-0.05, 0) is 13.0 Å². The van der Waals surface area contributed by atoms with E-state index in [0.29, 0.717) is 5.69 Å². The molecule has 1 aromatic carbocycles. The van der Waals surface area contributed by atoms with Crippen molar-refractivity contribution in [3.63, 3.8) is 0 Å². The van der Waals surface area contributed by atoms with Gasteiger partial charge in [-0.15, -0.1) is 0 Å². The molecule has 7 nitrogen and oxygen atoms in total. The number of oxime groups is 1. The molecule has 1 unspecified atom stereocenters. The van der Waals surface area contributed by atoms with Crippen molar-refractivity contribution in [1.82, 2.24) is 15.1 Å². The number of benzene rings is 1. The van der Waals surface area contributed by atoms with E-state index in [1.807, 2.05) is 24.3 Å². The molecule has 0 spiro atoms. The van der Waals surface area contributed by atoms with E-state index in [2.05, 4.69) is 15.6 Å². The zero-order valence-electron chi connectivity index (χ0n) is 10.7. The molecule has 0 fully saturated rings. The smallest absolute Gasteiger partial charge is 0.273 e. The van der Waals surface area contributed by atoms with Crippen LogP contribution in [0.25, 0.3) is 10.9 Å². The van der Waals surface area contributed by atoms with Gasteiger partial charge in [0.1, 0.15) is 0 Å². The maximum atomic E-state index is 12.1. The zero-order chi connectivity index (χ0) is 14.0. The first kappa shape index (κ1) is 12.9. The van der Waals surface area contributed by atoms with Crippen molar-refractivity contribution in [3.05, 3.63) is 30.0 Å². The number of rotatable bonds is 3. The molecule has 1 atom stereocenters. The standard InChI is InChI=1S/C12H15N5O2/c1-7(11(13)16-19)14-12(18)10-8-5-3-4-6-9(8)17(2)15-10/h3-7,19H,1-2H3,(H2,13,16)(H,14,18). The van der Waals surface area contributed by atoms with Gasteiger partial charge in [0.05, 0.1) is 11.6 Å². The van der Waals surface area contributed by atoms with E-state index < -0.39 is 6.04 Å². The number of amidine groups is 1. The fraction of sp³-hybridized carbons (Fsp3) is 0.250. The number of nitrogens with two attached hydrogens (primary N) is 1. The summed E-state index contributed by atoms with van der Waals surface area (Å²) in [6.07, 6.45) is 0. The van der Waals surface area contributed by atoms with Crippen molar-refractivity contribution < 1.29 is 10.0 Å². The largest absolute Gasteiger partial charge is 0.409 e. The second-order valence-corrected chi connectivity index (χ2v) is 4.21. The summed E-state index contributed by atoms with van der Waals surface area (Å²) in [6, 6.07) is 6.86. The second kappa shape index (κ2) is 4.97. The monoisotopic (exact) mass is 261 g/mol. The lowest BCUT2D eigenvalue weighted by molar-refractivity contribution is 0.0944. The first-order valence-electron chi connectivity index (χ1n) is 5.74. The highest BCUT2D eigenvalue weighted by Gasteiger charge is 2.18. The predicted octanol–water partition coefficient (Wildman–Crippen LogP) is 0.438. The summed E-state index contributed by atoms with van der Waals surface area (Å²) in [6.45, 7) is 1.62. The van der Waals surface area contributed by atoms with Gasteiger partial charge in [-0.25, -0.2) is 0 Å². The number of aryl methyl sites for hydroxylation is 1. The van der Waals surface area contributed by atoms with Gasteiger partial charge in [-0.1, -0.05) is 23.4 Å². The summed E-state index contributed by atoms with van der Waals surface area (Å²) in [5.41, 5.74) is 6.60. The number of nitrogens with zero attached hydrogens (tertiary/aromatic N) is 3. The Morgan fingerprint density at radius 3 is 2.89 bits per heavy atom. The molecule has 0 bridgehead atoms. The minimum absolute atomic E-state index is 0.0615. The lowest BCUT2D eigenvalue weighted by atomic mass is 10.2. The average Bonchev–Trinajstić information content (AvgIpc) is 2.76. The SMILES string of the molecule is CC(NC(=O)c1nn(C)c2ccccc12)/C(N)=N/O. The molecule has 1 heterocycles. The molecule has 1 aromatic heterocycles. The molecule has 2 rings (SSSR count). The predicted molar refractivity (Wildman–Crippen MR) is 71.1 cm³/mol. The average molecular weight is 261 g/mol. The van der Waals surface area contributed by atoms with Crippen LogP contribution in [-0.4, -0.2) is 32.8 Å². The van der Waals surface area contributed by atoms with Gasteiger partial charge in [0.25, 0.3) is 5.91 Å². The first-order chi connectivity index (χ1) is 9.04. The lowest BCUT2D eigenvalue weighted by Gasteiger charge is -2.10. The number of amides is 1. The third-order valence-corrected chi connectivity index (χ3v) is 2.88. The molecule has 4 N–H and O–H groups in total. The van der Waals surface area contributed by atoms with Crippen molar-refractivity contribution >= 4 is 22.6 Å². The van der Waals surface area contributed by atoms with E-state index in [4.69, 9.17) is 10.9 Å². The molecule has 100 valence electrons. The van der Waals surface area contributed by atoms with Crippen LogP contribution in [0.5, 0.6) is 0 Å². The number of hydrogen-bond donors (Lipinski definition) is 3. The fourth-order valence-electron chi connectivity index (χ4n) is 1.81. The molecule has 1 amide bonds. The number of aromatic nitrogens is 2. The van der Waals surface area contributed by atoms with Crippen molar-refractivity contribution in [3.8, 4) is 0 Å². The van der Waals surface area contributed by atoms with Gasteiger partial charge >= 0.3 is 0 Å². The number of hydrogen-bond acceptors (Lipinski definition) is 4. The van der Waals surface area contributed by atoms with Crippen LogP contribution in [0.2, 0.25) is 0 Å². The van der Waals surface area contributed by atoms with Crippen molar-refractivity contribution in [1.29, 1.82) is 0 Å². The van der Waals surface area contributed by atoms with Crippen LogP contribution in [0.3, 0.4) is 0 Å². The van der Waals surface area contributed by atoms with Gasteiger partial charge < -0.3 is 16.3 Å². The highest BCUT2D eigenvalue weighted by molar-refractivity contribution is 6.06. The van der Waals surface area contributed by atoms with E-state index in [1.54, 1.807) is 18.7 Å². The topological polar surface area (TPSA) is 106 Å². The maximum Gasteiger partial charge on any atom is 0.273 e. The molecule has 0 aliphatic carbocycles. The molecule has 2 aromatic rings. The lowest BCUT2D eigenvalue weighted by Crippen LogP contribution is -2.42. The van der Waals surface area contributed by atoms with Gasteiger partial charge in [-0.2, -0.15) is 5.10 Å². The Morgan fingerprint density at radius 2 is 2.21 bits per heavy atom. The highest BCUT2D eigenvalue weighted by atomic mass is 16.4. The number of carbonyl (C=O) groups excluding carboxylic acids is 1. The molecule has 0 radical (unpaired) electrons. The van der Waals surface area contributed by atoms with Crippen molar-refractivity contribution in [2.24, 2.45) is 17.9 Å². The maximum absolute atomic E-state index is 12.1. The minimum Gasteiger partial charge on any atom is -0.409 e. The molecule has 19 heavy (non-hydrogen) atoms. The molecule has 0 aliphatic heterocycles. The summed E-state index contributed by atoms with van der Waals surface area (Å²) in [7, 11) is 1.77. The van der Waals surface area contributed by atoms with E-state index in [0.717, 1.165) is 10.9 Å². The normalized spacial score (nSPS) is 13.5. The molecular weight excluding hydrogens is 246 g/mol. The Balaban J connectivity index is 2.32. The Bertz CT molecular complexity index is 647. The highest BCUT2D eigenvalue weighted by Crippen LogP contribution is 2.17. The van der Waals surface area contributed by atoms with Crippen LogP contribution in [0.1, 0.15) is 17.4 Å². The molecular formula is C12H15N5O2. The number of fused-ring (bicyclic) bond motifs is 1. The number of carbonyl (C=O) groups is 1. The summed E-state index contributed by atoms with van der Waals surface area (Å²) in [4.78, 5) is 12.1. The Kier molecular flexibility index (Phi) is 3.37. The van der Waals surface area contributed by atoms with Crippen LogP contribution in [0, 0.1) is 0 Å². The van der Waals surface area contributed by atoms with Gasteiger partial charge in [-0.3, -0.25) is 9.48 Å². The third-order valence-electron chi connectivity index (χ3n) is 2.88. The van der Waals surface area contributed by atoms with Crippen molar-refractivity contribution in [2.45, 2.75) is 13.0 Å². The number of para-hydroxylation sites is 1. The van der Waals surface area contributed by atoms with Gasteiger partial charge in [0.2, 0.25) is 0 Å². The van der Waals surface area contributed by atoms with E-state index in [-0.39, 0.29) is 11.7 Å². The molecule has 0 saturated carbocycles. The molecule has 7 heteroatoms. The first-order valence-corrected chi connectivity index (χ1v) is 5.74. The van der Waals surface area contributed by atoms with Crippen molar-refractivity contribution in [2.75, 3.05) is 0 Å². The summed E-state index contributed by atoms with van der Waals surface area (Å²) in [5.74, 6) is -0.426. The van der Waals surface area contributed by atoms with Crippen LogP contribution >= 0.6 is 0 Å². The van der Waals surface area contributed by atoms with Gasteiger partial charge in [0.15, 0.2) is 11.5 Å². The summed E-state index contributed by atoms with van der Waals surface area (Å²) >= 11 is 0. The Labute approximate surface area is 109 Å². The molecule has 0 saturated heterocycles. The Morgan fingerprint density at radius 1 is 1.53 bits per heavy atom. The van der Waals surface area contributed by atoms with Gasteiger partial charge in [0, 0.05) is 12.4 Å². The summed E-state index contributed by atoms with van der Waals surface area (Å²) < 4.78 is 1.64. The summed E-state index contributed by atoms with van der Waals surface area (Å²) in [5, 5.41) is 19.0. The van der Waals surface area contributed by atoms with Crippen LogP contribution in [0.15, 0.2) is 29.4 Å². The minimum atomic E-state index is -0.571. The molecule has 0 aliphatic rings. The van der Waals surface area contributed by atoms with Crippen LogP contribution in [0.4, 0.5) is 0 Å². The third kappa shape index (κ3) is 2.35. The zero-order valence-corrected chi connectivity index (χ0v) is 10.7. The fourth-order valence-corrected chi connectivity index (χ4v) is 1.81. The van der Waals surface area contributed by atoms with E-state index in [9.17, 15) is 4.79 Å². The Hall–Kier alpha value is -2.57. The van der Waals surface area contributed by atoms with E-state index >= 15 is 0 Å². The van der Waals surface area contributed by atoms with Crippen LogP contribution < -0.4 is 11.1 Å². The quantitative estimate of drug-likeness (QED) is 0.322.